The molecule has 1 aromatic rings. The Morgan fingerprint density at radius 1 is 1.07 bits per heavy atom. The van der Waals surface area contributed by atoms with Crippen molar-refractivity contribution in [1.29, 1.82) is 0 Å². The molecule has 0 spiro atoms. The first-order valence-corrected chi connectivity index (χ1v) is 5.76. The van der Waals surface area contributed by atoms with Gasteiger partial charge in [-0.05, 0) is 18.0 Å². The van der Waals surface area contributed by atoms with E-state index >= 15 is 0 Å². The van der Waals surface area contributed by atoms with Gasteiger partial charge in [-0.2, -0.15) is 9.97 Å². The minimum absolute atomic E-state index is 0.186. The van der Waals surface area contributed by atoms with Crippen molar-refractivity contribution in [3.05, 3.63) is 11.1 Å². The fourth-order valence-corrected chi connectivity index (χ4v) is 1.59. The number of anilines is 1. The third-order valence-electron chi connectivity index (χ3n) is 2.18. The highest BCUT2D eigenvalue weighted by Crippen LogP contribution is 2.08. The molecule has 2 N–H and O–H groups in total. The molecule has 0 amide bonds. The van der Waals surface area contributed by atoms with Crippen LogP contribution in [-0.4, -0.2) is 15.0 Å². The predicted molar refractivity (Wildman–Crippen MR) is 61.7 cm³/mol. The first kappa shape index (κ1) is 12.2. The predicted octanol–water partition coefficient (Wildman–Crippen LogP) is 2.62. The lowest BCUT2D eigenvalue weighted by molar-refractivity contribution is 0.622. The van der Waals surface area contributed by atoms with E-state index in [1.54, 1.807) is 0 Å². The van der Waals surface area contributed by atoms with Gasteiger partial charge in [-0.15, -0.1) is 0 Å². The number of rotatable bonds is 6. The van der Waals surface area contributed by atoms with E-state index in [0.717, 1.165) is 12.8 Å². The number of aromatic nitrogens is 3. The molecule has 84 valence electrons. The summed E-state index contributed by atoms with van der Waals surface area (Å²) in [6.45, 7) is 2.20. The number of nitrogens with zero attached hydrogens (tertiary/aromatic N) is 3. The molecule has 0 fully saturated rings. The standard InChI is InChI=1S/C10H17ClN4/c1-2-3-4-5-6-7-8-13-9(11)15-10(12)14-8/h2-7H2,1H3,(H2,12,13,14,15). The summed E-state index contributed by atoms with van der Waals surface area (Å²) < 4.78 is 0. The molecule has 0 bridgehead atoms. The average molecular weight is 229 g/mol. The van der Waals surface area contributed by atoms with E-state index in [2.05, 4.69) is 21.9 Å². The van der Waals surface area contributed by atoms with Crippen LogP contribution in [0.5, 0.6) is 0 Å². The zero-order chi connectivity index (χ0) is 11.1. The zero-order valence-electron chi connectivity index (χ0n) is 9.04. The van der Waals surface area contributed by atoms with E-state index in [4.69, 9.17) is 17.3 Å². The van der Waals surface area contributed by atoms with Crippen LogP contribution in [0.25, 0.3) is 0 Å². The van der Waals surface area contributed by atoms with Crippen molar-refractivity contribution in [2.45, 2.75) is 45.4 Å². The van der Waals surface area contributed by atoms with E-state index in [1.165, 1.54) is 25.7 Å². The van der Waals surface area contributed by atoms with Crippen LogP contribution in [0.1, 0.15) is 44.9 Å². The van der Waals surface area contributed by atoms with E-state index in [1.807, 2.05) is 0 Å². The van der Waals surface area contributed by atoms with Gasteiger partial charge in [-0.3, -0.25) is 0 Å². The summed E-state index contributed by atoms with van der Waals surface area (Å²) in [6.07, 6.45) is 6.93. The van der Waals surface area contributed by atoms with Crippen LogP contribution >= 0.6 is 11.6 Å². The molecular formula is C10H17ClN4. The lowest BCUT2D eigenvalue weighted by Crippen LogP contribution is -2.03. The molecule has 4 nitrogen and oxygen atoms in total. The largest absolute Gasteiger partial charge is 0.368 e. The van der Waals surface area contributed by atoms with Gasteiger partial charge in [0, 0.05) is 6.42 Å². The quantitative estimate of drug-likeness (QED) is 0.761. The van der Waals surface area contributed by atoms with E-state index < -0.39 is 0 Å². The summed E-state index contributed by atoms with van der Waals surface area (Å²) in [5.74, 6) is 0.905. The smallest absolute Gasteiger partial charge is 0.227 e. The number of nitrogens with two attached hydrogens (primary N) is 1. The van der Waals surface area contributed by atoms with Crippen molar-refractivity contribution in [2.75, 3.05) is 5.73 Å². The molecule has 0 saturated heterocycles. The van der Waals surface area contributed by atoms with Gasteiger partial charge in [-0.1, -0.05) is 32.6 Å². The monoisotopic (exact) mass is 228 g/mol. The molecule has 0 aliphatic carbocycles. The van der Waals surface area contributed by atoms with Gasteiger partial charge < -0.3 is 5.73 Å². The van der Waals surface area contributed by atoms with Crippen LogP contribution in [0.4, 0.5) is 5.95 Å². The minimum atomic E-state index is 0.186. The summed E-state index contributed by atoms with van der Waals surface area (Å²) in [5, 5.41) is 0.186. The van der Waals surface area contributed by atoms with Gasteiger partial charge in [0.1, 0.15) is 5.82 Å². The van der Waals surface area contributed by atoms with Crippen molar-refractivity contribution in [2.24, 2.45) is 0 Å². The molecule has 15 heavy (non-hydrogen) atoms. The van der Waals surface area contributed by atoms with Crippen molar-refractivity contribution in [3.8, 4) is 0 Å². The molecule has 0 saturated carbocycles. The third kappa shape index (κ3) is 4.93. The Kier molecular flexibility index (Phi) is 5.32. The highest BCUT2D eigenvalue weighted by Gasteiger charge is 2.01. The second kappa shape index (κ2) is 6.56. The SMILES string of the molecule is CCCCCCCc1nc(N)nc(Cl)n1. The molecule has 0 aliphatic heterocycles. The van der Waals surface area contributed by atoms with Crippen LogP contribution in [0.2, 0.25) is 5.28 Å². The first-order valence-electron chi connectivity index (χ1n) is 5.38. The van der Waals surface area contributed by atoms with Crippen LogP contribution in [0, 0.1) is 0 Å². The van der Waals surface area contributed by atoms with Gasteiger partial charge in [0.05, 0.1) is 0 Å². The topological polar surface area (TPSA) is 64.7 Å². The van der Waals surface area contributed by atoms with Crippen molar-refractivity contribution in [3.63, 3.8) is 0 Å². The van der Waals surface area contributed by atoms with Crippen LogP contribution in [0.3, 0.4) is 0 Å². The van der Waals surface area contributed by atoms with Crippen LogP contribution in [-0.2, 0) is 6.42 Å². The Hall–Kier alpha value is -0.900. The Morgan fingerprint density at radius 3 is 2.47 bits per heavy atom. The summed E-state index contributed by atoms with van der Waals surface area (Å²) >= 11 is 5.67. The molecule has 1 aromatic heterocycles. The molecule has 0 unspecified atom stereocenters. The van der Waals surface area contributed by atoms with Gasteiger partial charge in [0.15, 0.2) is 0 Å². The number of aryl methyl sites for hydroxylation is 1. The average Bonchev–Trinajstić information content (AvgIpc) is 2.16. The molecule has 1 heterocycles. The van der Waals surface area contributed by atoms with Crippen molar-refractivity contribution >= 4 is 17.5 Å². The first-order chi connectivity index (χ1) is 7.22. The fraction of sp³-hybridized carbons (Fsp3) is 0.700. The lowest BCUT2D eigenvalue weighted by Gasteiger charge is -2.01. The summed E-state index contributed by atoms with van der Waals surface area (Å²) in [7, 11) is 0. The molecule has 0 atom stereocenters. The van der Waals surface area contributed by atoms with Crippen molar-refractivity contribution < 1.29 is 0 Å². The maximum Gasteiger partial charge on any atom is 0.227 e. The maximum atomic E-state index is 5.67. The van der Waals surface area contributed by atoms with Gasteiger partial charge in [0.25, 0.3) is 0 Å². The number of hydrogen-bond acceptors (Lipinski definition) is 4. The Morgan fingerprint density at radius 2 is 1.80 bits per heavy atom. The van der Waals surface area contributed by atoms with Crippen molar-refractivity contribution in [1.82, 2.24) is 15.0 Å². The van der Waals surface area contributed by atoms with Gasteiger partial charge >= 0.3 is 0 Å². The minimum Gasteiger partial charge on any atom is -0.368 e. The number of hydrogen-bond donors (Lipinski definition) is 1. The summed E-state index contributed by atoms with van der Waals surface area (Å²) in [6, 6.07) is 0. The lowest BCUT2D eigenvalue weighted by atomic mass is 10.1. The molecule has 0 aliphatic rings. The third-order valence-corrected chi connectivity index (χ3v) is 2.34. The Balaban J connectivity index is 2.31. The molecule has 1 rings (SSSR count). The molecule has 5 heteroatoms. The maximum absolute atomic E-state index is 5.67. The van der Waals surface area contributed by atoms with Gasteiger partial charge in [-0.25, -0.2) is 4.98 Å². The van der Waals surface area contributed by atoms with Gasteiger partial charge in [0.2, 0.25) is 11.2 Å². The second-order valence-corrected chi connectivity index (χ2v) is 3.88. The second-order valence-electron chi connectivity index (χ2n) is 3.54. The Labute approximate surface area is 95.3 Å². The molecular weight excluding hydrogens is 212 g/mol. The van der Waals surface area contributed by atoms with E-state index in [9.17, 15) is 0 Å². The number of unbranched alkanes of at least 4 members (excludes halogenated alkanes) is 4. The number of nitrogen functional groups attached to an aromatic ring is 1. The van der Waals surface area contributed by atoms with E-state index in [-0.39, 0.29) is 11.2 Å². The molecule has 0 radical (unpaired) electrons. The fourth-order valence-electron chi connectivity index (χ4n) is 1.41. The summed E-state index contributed by atoms with van der Waals surface area (Å²) in [5.41, 5.74) is 5.46. The summed E-state index contributed by atoms with van der Waals surface area (Å²) in [4.78, 5) is 11.8. The molecule has 0 aromatic carbocycles. The van der Waals surface area contributed by atoms with Crippen LogP contribution < -0.4 is 5.73 Å². The van der Waals surface area contributed by atoms with Crippen LogP contribution in [0.15, 0.2) is 0 Å². The Bertz CT molecular complexity index is 283. The number of halogens is 1. The van der Waals surface area contributed by atoms with E-state index in [0.29, 0.717) is 5.82 Å². The normalized spacial score (nSPS) is 10.5. The highest BCUT2D eigenvalue weighted by atomic mass is 35.5. The highest BCUT2D eigenvalue weighted by molar-refractivity contribution is 6.28. The zero-order valence-corrected chi connectivity index (χ0v) is 9.80.